The van der Waals surface area contributed by atoms with E-state index in [2.05, 4.69) is 15.4 Å². The van der Waals surface area contributed by atoms with Crippen molar-refractivity contribution in [3.8, 4) is 0 Å². The number of aryl methyl sites for hydroxylation is 2. The lowest BCUT2D eigenvalue weighted by Gasteiger charge is -2.02. The Kier molecular flexibility index (Phi) is 3.83. The quantitative estimate of drug-likeness (QED) is 0.886. The third-order valence-corrected chi connectivity index (χ3v) is 2.99. The Balaban J connectivity index is 1.89. The van der Waals surface area contributed by atoms with Gasteiger partial charge in [-0.25, -0.2) is 9.67 Å². The van der Waals surface area contributed by atoms with Crippen molar-refractivity contribution in [2.75, 3.05) is 5.32 Å². The van der Waals surface area contributed by atoms with Gasteiger partial charge in [0.1, 0.15) is 0 Å². The van der Waals surface area contributed by atoms with Gasteiger partial charge in [-0.3, -0.25) is 9.59 Å². The third kappa shape index (κ3) is 3.24. The van der Waals surface area contributed by atoms with Gasteiger partial charge in [0.15, 0.2) is 5.13 Å². The molecule has 0 aliphatic rings. The maximum atomic E-state index is 11.6. The molecule has 6 nitrogen and oxygen atoms in total. The predicted octanol–water partition coefficient (Wildman–Crippen LogP) is 0.808. The number of nitrogens with zero attached hydrogens (tertiary/aromatic N) is 3. The highest BCUT2D eigenvalue weighted by Gasteiger charge is 2.05. The molecule has 0 spiro atoms. The number of rotatable bonds is 4. The summed E-state index contributed by atoms with van der Waals surface area (Å²) in [5.74, 6) is -0.111. The van der Waals surface area contributed by atoms with Crippen molar-refractivity contribution >= 4 is 22.4 Å². The topological polar surface area (TPSA) is 76.9 Å². The molecule has 18 heavy (non-hydrogen) atoms. The van der Waals surface area contributed by atoms with Crippen molar-refractivity contribution in [3.63, 3.8) is 0 Å². The highest BCUT2D eigenvalue weighted by molar-refractivity contribution is 7.13. The first-order chi connectivity index (χ1) is 8.65. The van der Waals surface area contributed by atoms with Crippen LogP contribution in [0.3, 0.4) is 0 Å². The number of carbonyl (C=O) groups excluding carboxylic acids is 1. The van der Waals surface area contributed by atoms with Gasteiger partial charge in [-0.2, -0.15) is 5.10 Å². The molecule has 2 heterocycles. The molecule has 94 valence electrons. The molecule has 0 radical (unpaired) electrons. The Morgan fingerprint density at radius 2 is 2.33 bits per heavy atom. The minimum Gasteiger partial charge on any atom is -0.302 e. The second kappa shape index (κ2) is 5.54. The molecule has 0 saturated carbocycles. The van der Waals surface area contributed by atoms with Crippen LogP contribution in [0.1, 0.15) is 12.1 Å². The van der Waals surface area contributed by atoms with Gasteiger partial charge in [-0.1, -0.05) is 0 Å². The summed E-state index contributed by atoms with van der Waals surface area (Å²) >= 11 is 1.37. The van der Waals surface area contributed by atoms with E-state index in [1.807, 2.05) is 0 Å². The van der Waals surface area contributed by atoms with Crippen LogP contribution in [0.25, 0.3) is 0 Å². The summed E-state index contributed by atoms with van der Waals surface area (Å²) in [6.45, 7) is 0. The fourth-order valence-corrected chi connectivity index (χ4v) is 1.94. The third-order valence-electron chi connectivity index (χ3n) is 2.30. The SMILES string of the molecule is Cn1nc(CCC(=O)Nc2nccs2)ccc1=O. The first-order valence-corrected chi connectivity index (χ1v) is 6.26. The molecule has 0 unspecified atom stereocenters. The minimum atomic E-state index is -0.161. The Morgan fingerprint density at radius 3 is 3.00 bits per heavy atom. The summed E-state index contributed by atoms with van der Waals surface area (Å²) in [5, 5.41) is 9.13. The van der Waals surface area contributed by atoms with Crippen LogP contribution in [-0.2, 0) is 18.3 Å². The van der Waals surface area contributed by atoms with Gasteiger partial charge in [0.2, 0.25) is 5.91 Å². The molecule has 0 bridgehead atoms. The number of nitrogens with one attached hydrogen (secondary N) is 1. The number of carbonyl (C=O) groups is 1. The van der Waals surface area contributed by atoms with Crippen LogP contribution in [0, 0.1) is 0 Å². The molecule has 2 aromatic rings. The normalized spacial score (nSPS) is 10.3. The zero-order valence-corrected chi connectivity index (χ0v) is 10.6. The van der Waals surface area contributed by atoms with Crippen LogP contribution in [-0.4, -0.2) is 20.7 Å². The molecule has 0 saturated heterocycles. The molecule has 2 aromatic heterocycles. The molecular formula is C11H12N4O2S. The fraction of sp³-hybridized carbons (Fsp3) is 0.273. The van der Waals surface area contributed by atoms with Gasteiger partial charge in [0, 0.05) is 37.5 Å². The van der Waals surface area contributed by atoms with E-state index < -0.39 is 0 Å². The molecule has 0 aromatic carbocycles. The van der Waals surface area contributed by atoms with Crippen molar-refractivity contribution in [2.45, 2.75) is 12.8 Å². The summed E-state index contributed by atoms with van der Waals surface area (Å²) < 4.78 is 1.26. The first-order valence-electron chi connectivity index (χ1n) is 5.38. The van der Waals surface area contributed by atoms with Crippen LogP contribution >= 0.6 is 11.3 Å². The monoisotopic (exact) mass is 264 g/mol. The van der Waals surface area contributed by atoms with E-state index in [4.69, 9.17) is 0 Å². The van der Waals surface area contributed by atoms with Gasteiger partial charge < -0.3 is 5.32 Å². The summed E-state index contributed by atoms with van der Waals surface area (Å²) in [6, 6.07) is 3.08. The minimum absolute atomic E-state index is 0.111. The molecule has 0 fully saturated rings. The second-order valence-corrected chi connectivity index (χ2v) is 4.57. The second-order valence-electron chi connectivity index (χ2n) is 3.67. The van der Waals surface area contributed by atoms with Crippen LogP contribution in [0.5, 0.6) is 0 Å². The van der Waals surface area contributed by atoms with E-state index in [0.29, 0.717) is 23.7 Å². The number of hydrogen-bond acceptors (Lipinski definition) is 5. The van der Waals surface area contributed by atoms with E-state index in [1.54, 1.807) is 24.7 Å². The summed E-state index contributed by atoms with van der Waals surface area (Å²) in [4.78, 5) is 26.7. The Hall–Kier alpha value is -2.02. The molecule has 7 heteroatoms. The molecule has 1 N–H and O–H groups in total. The number of aromatic nitrogens is 3. The highest BCUT2D eigenvalue weighted by Crippen LogP contribution is 2.10. The molecular weight excluding hydrogens is 252 g/mol. The maximum absolute atomic E-state index is 11.6. The molecule has 0 aliphatic carbocycles. The summed E-state index contributed by atoms with van der Waals surface area (Å²) in [7, 11) is 1.58. The van der Waals surface area contributed by atoms with Crippen LogP contribution in [0.15, 0.2) is 28.5 Å². The average Bonchev–Trinajstić information content (AvgIpc) is 2.83. The average molecular weight is 264 g/mol. The molecule has 2 rings (SSSR count). The van der Waals surface area contributed by atoms with E-state index >= 15 is 0 Å². The van der Waals surface area contributed by atoms with E-state index in [-0.39, 0.29) is 11.5 Å². The van der Waals surface area contributed by atoms with Crippen molar-refractivity contribution in [1.29, 1.82) is 0 Å². The number of amides is 1. The zero-order valence-electron chi connectivity index (χ0n) is 9.79. The Bertz CT molecular complexity index is 591. The van der Waals surface area contributed by atoms with Gasteiger partial charge in [-0.15, -0.1) is 11.3 Å². The maximum Gasteiger partial charge on any atom is 0.266 e. The van der Waals surface area contributed by atoms with E-state index in [1.165, 1.54) is 22.1 Å². The highest BCUT2D eigenvalue weighted by atomic mass is 32.1. The Morgan fingerprint density at radius 1 is 1.50 bits per heavy atom. The fourth-order valence-electron chi connectivity index (χ4n) is 1.39. The van der Waals surface area contributed by atoms with Crippen LogP contribution < -0.4 is 10.9 Å². The Labute approximate surface area is 107 Å². The van der Waals surface area contributed by atoms with Crippen molar-refractivity contribution in [3.05, 3.63) is 39.8 Å². The van der Waals surface area contributed by atoms with Crippen LogP contribution in [0.2, 0.25) is 0 Å². The van der Waals surface area contributed by atoms with Gasteiger partial charge in [-0.05, 0) is 6.07 Å². The number of anilines is 1. The number of hydrogen-bond donors (Lipinski definition) is 1. The van der Waals surface area contributed by atoms with Gasteiger partial charge in [0.05, 0.1) is 5.69 Å². The smallest absolute Gasteiger partial charge is 0.266 e. The molecule has 1 amide bonds. The first kappa shape index (κ1) is 12.4. The molecule has 0 atom stereocenters. The lowest BCUT2D eigenvalue weighted by Crippen LogP contribution is -2.20. The lowest BCUT2D eigenvalue weighted by molar-refractivity contribution is -0.116. The van der Waals surface area contributed by atoms with Crippen molar-refractivity contribution < 1.29 is 4.79 Å². The largest absolute Gasteiger partial charge is 0.302 e. The van der Waals surface area contributed by atoms with Gasteiger partial charge >= 0.3 is 0 Å². The summed E-state index contributed by atoms with van der Waals surface area (Å²) in [6.07, 6.45) is 2.44. The van der Waals surface area contributed by atoms with Crippen LogP contribution in [0.4, 0.5) is 5.13 Å². The standard InChI is InChI=1S/C11H12N4O2S/c1-15-10(17)5-3-8(14-15)2-4-9(16)13-11-12-6-7-18-11/h3,5-7H,2,4H2,1H3,(H,12,13,16). The van der Waals surface area contributed by atoms with Gasteiger partial charge in [0.25, 0.3) is 5.56 Å². The van der Waals surface area contributed by atoms with E-state index in [0.717, 1.165) is 0 Å². The molecule has 0 aliphatic heterocycles. The number of thiazole rings is 1. The van der Waals surface area contributed by atoms with E-state index in [9.17, 15) is 9.59 Å². The lowest BCUT2D eigenvalue weighted by atomic mass is 10.2. The van der Waals surface area contributed by atoms with Crippen molar-refractivity contribution in [2.24, 2.45) is 7.05 Å². The summed E-state index contributed by atoms with van der Waals surface area (Å²) in [5.41, 5.74) is 0.553. The zero-order chi connectivity index (χ0) is 13.0. The van der Waals surface area contributed by atoms with Crippen molar-refractivity contribution in [1.82, 2.24) is 14.8 Å². The predicted molar refractivity (Wildman–Crippen MR) is 68.5 cm³/mol.